The van der Waals surface area contributed by atoms with E-state index in [9.17, 15) is 8.42 Å². The van der Waals surface area contributed by atoms with E-state index in [-0.39, 0.29) is 11.4 Å². The Hall–Kier alpha value is -2.33. The average molecular weight is 392 g/mol. The molecule has 0 atom stereocenters. The maximum atomic E-state index is 12.3. The van der Waals surface area contributed by atoms with Crippen LogP contribution >= 0.6 is 0 Å². The first-order chi connectivity index (χ1) is 12.9. The van der Waals surface area contributed by atoms with E-state index in [0.29, 0.717) is 11.4 Å². The first-order valence-electron chi connectivity index (χ1n) is 8.20. The zero-order valence-electron chi connectivity index (χ0n) is 15.8. The van der Waals surface area contributed by atoms with Gasteiger partial charge in [-0.3, -0.25) is 0 Å². The smallest absolute Gasteiger partial charge is 0.240 e. The predicted octanol–water partition coefficient (Wildman–Crippen LogP) is 3.07. The van der Waals surface area contributed by atoms with Crippen molar-refractivity contribution in [1.29, 1.82) is 0 Å². The van der Waals surface area contributed by atoms with Crippen LogP contribution in [0.15, 0.2) is 63.7 Å². The lowest BCUT2D eigenvalue weighted by Gasteiger charge is -2.14. The lowest BCUT2D eigenvalue weighted by Crippen LogP contribution is -2.34. The molecule has 0 saturated carbocycles. The van der Waals surface area contributed by atoms with Crippen molar-refractivity contribution in [2.45, 2.75) is 11.2 Å². The van der Waals surface area contributed by atoms with Crippen LogP contribution in [0.25, 0.3) is 0 Å². The number of anilines is 1. The zero-order valence-corrected chi connectivity index (χ0v) is 16.6. The van der Waals surface area contributed by atoms with E-state index >= 15 is 0 Å². The van der Waals surface area contributed by atoms with Gasteiger partial charge in [0, 0.05) is 34.0 Å². The molecule has 9 heteroatoms. The van der Waals surface area contributed by atoms with Gasteiger partial charge in [0.25, 0.3) is 0 Å². The Balaban J connectivity index is 2.03. The van der Waals surface area contributed by atoms with Gasteiger partial charge in [0.05, 0.1) is 22.8 Å². The molecular formula is C18H24N4O4S. The van der Waals surface area contributed by atoms with Crippen molar-refractivity contribution in [1.82, 2.24) is 4.72 Å². The van der Waals surface area contributed by atoms with Crippen molar-refractivity contribution < 1.29 is 17.9 Å². The summed E-state index contributed by atoms with van der Waals surface area (Å²) in [6.45, 7) is 0.0136. The van der Waals surface area contributed by atoms with Crippen LogP contribution in [0.3, 0.4) is 0 Å². The molecule has 0 amide bonds. The number of rotatable bonds is 9. The summed E-state index contributed by atoms with van der Waals surface area (Å²) >= 11 is 0. The summed E-state index contributed by atoms with van der Waals surface area (Å²) in [6.07, 6.45) is -0.647. The Morgan fingerprint density at radius 1 is 0.926 bits per heavy atom. The molecule has 0 spiro atoms. The summed E-state index contributed by atoms with van der Waals surface area (Å²) in [6, 6.07) is 13.8. The van der Waals surface area contributed by atoms with Gasteiger partial charge in [-0.05, 0) is 48.5 Å². The number of hydrogen-bond donors (Lipinski definition) is 1. The molecule has 27 heavy (non-hydrogen) atoms. The molecule has 8 nitrogen and oxygen atoms in total. The summed E-state index contributed by atoms with van der Waals surface area (Å²) in [7, 11) is 3.15. The van der Waals surface area contributed by atoms with E-state index in [1.807, 2.05) is 43.3 Å². The standard InChI is InChI=1S/C18H24N4O4S/c1-22(2)16-9-5-14(6-10-16)20-21-15-7-11-17(12-8-15)27(23,24)19-13-18(25-3)26-4/h5-12,18-19H,13H2,1-4H3. The largest absolute Gasteiger partial charge is 0.378 e. The Morgan fingerprint density at radius 2 is 1.41 bits per heavy atom. The second-order valence-electron chi connectivity index (χ2n) is 5.86. The maximum Gasteiger partial charge on any atom is 0.240 e. The highest BCUT2D eigenvalue weighted by Gasteiger charge is 2.16. The minimum absolute atomic E-state index is 0.0136. The Labute approximate surface area is 159 Å². The SMILES string of the molecule is COC(CNS(=O)(=O)c1ccc(N=Nc2ccc(N(C)C)cc2)cc1)OC. The van der Waals surface area contributed by atoms with Gasteiger partial charge in [-0.2, -0.15) is 10.2 Å². The first-order valence-corrected chi connectivity index (χ1v) is 9.68. The number of benzene rings is 2. The van der Waals surface area contributed by atoms with E-state index in [4.69, 9.17) is 9.47 Å². The molecule has 0 aliphatic carbocycles. The molecule has 1 N–H and O–H groups in total. The number of nitrogens with zero attached hydrogens (tertiary/aromatic N) is 3. The zero-order chi connectivity index (χ0) is 19.9. The third-order valence-corrected chi connectivity index (χ3v) is 5.20. The van der Waals surface area contributed by atoms with Gasteiger partial charge < -0.3 is 14.4 Å². The predicted molar refractivity (Wildman–Crippen MR) is 104 cm³/mol. The molecule has 2 aromatic carbocycles. The van der Waals surface area contributed by atoms with Gasteiger partial charge in [0.2, 0.25) is 10.0 Å². The van der Waals surface area contributed by atoms with Crippen molar-refractivity contribution in [2.24, 2.45) is 10.2 Å². The summed E-state index contributed by atoms with van der Waals surface area (Å²) in [5, 5.41) is 8.29. The van der Waals surface area contributed by atoms with Crippen molar-refractivity contribution in [2.75, 3.05) is 39.8 Å². The van der Waals surface area contributed by atoms with Crippen LogP contribution < -0.4 is 9.62 Å². The molecule has 0 radical (unpaired) electrons. The third kappa shape index (κ3) is 6.10. The van der Waals surface area contributed by atoms with Crippen molar-refractivity contribution >= 4 is 27.1 Å². The molecule has 0 unspecified atom stereocenters. The Bertz CT molecular complexity index is 846. The highest BCUT2D eigenvalue weighted by atomic mass is 32.2. The molecule has 146 valence electrons. The summed E-state index contributed by atoms with van der Waals surface area (Å²) in [5.41, 5.74) is 2.33. The van der Waals surface area contributed by atoms with Crippen LogP contribution in [-0.4, -0.2) is 49.6 Å². The van der Waals surface area contributed by atoms with E-state index < -0.39 is 16.3 Å². The van der Waals surface area contributed by atoms with E-state index in [1.54, 1.807) is 12.1 Å². The Morgan fingerprint density at radius 3 is 1.85 bits per heavy atom. The number of nitrogens with one attached hydrogen (secondary N) is 1. The molecule has 2 aromatic rings. The average Bonchev–Trinajstić information content (AvgIpc) is 2.67. The van der Waals surface area contributed by atoms with Crippen LogP contribution in [0, 0.1) is 0 Å². The fourth-order valence-corrected chi connectivity index (χ4v) is 3.17. The quantitative estimate of drug-likeness (QED) is 0.523. The van der Waals surface area contributed by atoms with Crippen LogP contribution in [0.4, 0.5) is 17.1 Å². The van der Waals surface area contributed by atoms with Gasteiger partial charge in [-0.15, -0.1) is 0 Å². The third-order valence-electron chi connectivity index (χ3n) is 3.76. The van der Waals surface area contributed by atoms with Gasteiger partial charge in [0.15, 0.2) is 6.29 Å². The van der Waals surface area contributed by atoms with Gasteiger partial charge >= 0.3 is 0 Å². The molecule has 0 aliphatic heterocycles. The molecule has 0 aromatic heterocycles. The lowest BCUT2D eigenvalue weighted by molar-refractivity contribution is -0.0960. The highest BCUT2D eigenvalue weighted by Crippen LogP contribution is 2.22. The topological polar surface area (TPSA) is 92.6 Å². The van der Waals surface area contributed by atoms with E-state index in [0.717, 1.165) is 5.69 Å². The van der Waals surface area contributed by atoms with E-state index in [2.05, 4.69) is 15.0 Å². The number of ether oxygens (including phenoxy) is 2. The normalized spacial score (nSPS) is 12.0. The second kappa shape index (κ2) is 9.56. The van der Waals surface area contributed by atoms with Crippen molar-refractivity contribution in [3.05, 3.63) is 48.5 Å². The first kappa shape index (κ1) is 21.0. The van der Waals surface area contributed by atoms with Crippen LogP contribution in [0.1, 0.15) is 0 Å². The Kier molecular flexibility index (Phi) is 7.43. The monoisotopic (exact) mass is 392 g/mol. The highest BCUT2D eigenvalue weighted by molar-refractivity contribution is 7.89. The number of methoxy groups -OCH3 is 2. The van der Waals surface area contributed by atoms with Crippen LogP contribution in [0.2, 0.25) is 0 Å². The van der Waals surface area contributed by atoms with Crippen molar-refractivity contribution in [3.8, 4) is 0 Å². The van der Waals surface area contributed by atoms with Crippen LogP contribution in [0.5, 0.6) is 0 Å². The number of azo groups is 1. The van der Waals surface area contributed by atoms with Gasteiger partial charge in [-0.1, -0.05) is 0 Å². The molecule has 0 aliphatic rings. The fourth-order valence-electron chi connectivity index (χ4n) is 2.15. The molecule has 0 heterocycles. The molecule has 2 rings (SSSR count). The number of hydrogen-bond acceptors (Lipinski definition) is 7. The van der Waals surface area contributed by atoms with Crippen LogP contribution in [-0.2, 0) is 19.5 Å². The minimum atomic E-state index is -3.66. The summed E-state index contributed by atoms with van der Waals surface area (Å²) in [5.74, 6) is 0. The fraction of sp³-hybridized carbons (Fsp3) is 0.333. The lowest BCUT2D eigenvalue weighted by atomic mass is 10.3. The second-order valence-corrected chi connectivity index (χ2v) is 7.62. The molecule has 0 saturated heterocycles. The van der Waals surface area contributed by atoms with Crippen molar-refractivity contribution in [3.63, 3.8) is 0 Å². The van der Waals surface area contributed by atoms with Gasteiger partial charge in [-0.25, -0.2) is 13.1 Å². The molecular weight excluding hydrogens is 368 g/mol. The molecule has 0 bridgehead atoms. The minimum Gasteiger partial charge on any atom is -0.378 e. The molecule has 0 fully saturated rings. The van der Waals surface area contributed by atoms with Gasteiger partial charge in [0.1, 0.15) is 0 Å². The maximum absolute atomic E-state index is 12.3. The summed E-state index contributed by atoms with van der Waals surface area (Å²) in [4.78, 5) is 2.12. The summed E-state index contributed by atoms with van der Waals surface area (Å²) < 4.78 is 36.9. The van der Waals surface area contributed by atoms with E-state index in [1.165, 1.54) is 26.4 Å². The number of sulfonamides is 1.